The fourth-order valence-corrected chi connectivity index (χ4v) is 2.48. The largest absolute Gasteiger partial charge is 0.496 e. The number of nitrogens with two attached hydrogens (primary N) is 1. The van der Waals surface area contributed by atoms with Gasteiger partial charge in [0.2, 0.25) is 0 Å². The molecule has 0 bridgehead atoms. The lowest BCUT2D eigenvalue weighted by Gasteiger charge is -2.12. The van der Waals surface area contributed by atoms with Gasteiger partial charge in [-0.3, -0.25) is 0 Å². The SMILES string of the molecule is COc1ccccc1C[C@H]1CC[C@@H](N)C1.O=C(O)C(F)(F)F. The van der Waals surface area contributed by atoms with Gasteiger partial charge in [0.05, 0.1) is 7.11 Å². The summed E-state index contributed by atoms with van der Waals surface area (Å²) in [7, 11) is 1.74. The highest BCUT2D eigenvalue weighted by molar-refractivity contribution is 5.73. The van der Waals surface area contributed by atoms with Crippen LogP contribution in [-0.2, 0) is 11.2 Å². The Kier molecular flexibility index (Phi) is 6.67. The van der Waals surface area contributed by atoms with E-state index in [0.29, 0.717) is 6.04 Å². The number of carbonyl (C=O) groups is 1. The van der Waals surface area contributed by atoms with Crippen molar-refractivity contribution in [3.8, 4) is 5.75 Å². The van der Waals surface area contributed by atoms with Crippen LogP contribution in [0.1, 0.15) is 24.8 Å². The van der Waals surface area contributed by atoms with Gasteiger partial charge in [0.1, 0.15) is 5.75 Å². The van der Waals surface area contributed by atoms with E-state index in [9.17, 15) is 13.2 Å². The zero-order valence-electron chi connectivity index (χ0n) is 12.3. The molecular weight excluding hydrogens is 299 g/mol. The van der Waals surface area contributed by atoms with Gasteiger partial charge in [-0.1, -0.05) is 18.2 Å². The van der Waals surface area contributed by atoms with Gasteiger partial charge in [-0.05, 0) is 43.2 Å². The molecule has 0 unspecified atom stereocenters. The van der Waals surface area contributed by atoms with Crippen LogP contribution >= 0.6 is 0 Å². The fourth-order valence-electron chi connectivity index (χ4n) is 2.48. The topological polar surface area (TPSA) is 72.5 Å². The van der Waals surface area contributed by atoms with Crippen molar-refractivity contribution in [2.75, 3.05) is 7.11 Å². The van der Waals surface area contributed by atoms with Crippen LogP contribution in [0.5, 0.6) is 5.75 Å². The van der Waals surface area contributed by atoms with Crippen molar-refractivity contribution in [3.05, 3.63) is 29.8 Å². The van der Waals surface area contributed by atoms with Crippen molar-refractivity contribution in [2.24, 2.45) is 11.7 Å². The third-order valence-corrected chi connectivity index (χ3v) is 3.53. The van der Waals surface area contributed by atoms with Gasteiger partial charge in [0.25, 0.3) is 0 Å². The second kappa shape index (κ2) is 8.03. The van der Waals surface area contributed by atoms with Gasteiger partial charge >= 0.3 is 12.1 Å². The van der Waals surface area contributed by atoms with E-state index in [2.05, 4.69) is 12.1 Å². The fraction of sp³-hybridized carbons (Fsp3) is 0.533. The summed E-state index contributed by atoms with van der Waals surface area (Å²) in [5.41, 5.74) is 7.24. The quantitative estimate of drug-likeness (QED) is 0.898. The summed E-state index contributed by atoms with van der Waals surface area (Å²) in [6.07, 6.45) is -0.366. The third-order valence-electron chi connectivity index (χ3n) is 3.53. The highest BCUT2D eigenvalue weighted by Gasteiger charge is 2.38. The minimum atomic E-state index is -5.08. The minimum absolute atomic E-state index is 0.421. The van der Waals surface area contributed by atoms with E-state index in [4.69, 9.17) is 20.4 Å². The summed E-state index contributed by atoms with van der Waals surface area (Å²) in [6, 6.07) is 8.70. The molecule has 7 heteroatoms. The Balaban J connectivity index is 0.000000295. The number of aliphatic carboxylic acids is 1. The zero-order valence-corrected chi connectivity index (χ0v) is 12.3. The summed E-state index contributed by atoms with van der Waals surface area (Å²) < 4.78 is 37.1. The van der Waals surface area contributed by atoms with E-state index < -0.39 is 12.1 Å². The van der Waals surface area contributed by atoms with Crippen LogP contribution < -0.4 is 10.5 Å². The van der Waals surface area contributed by atoms with Crippen LogP contribution in [0.2, 0.25) is 0 Å². The molecule has 1 aromatic carbocycles. The maximum atomic E-state index is 10.6. The standard InChI is InChI=1S/C13H19NO.C2HF3O2/c1-15-13-5-3-2-4-11(13)8-10-6-7-12(14)9-10;3-2(4,5)1(6)7/h2-5,10,12H,6-9,14H2,1H3;(H,6,7)/t10-,12-;/m1./s1. The Morgan fingerprint density at radius 2 is 1.95 bits per heavy atom. The van der Waals surface area contributed by atoms with Gasteiger partial charge in [-0.2, -0.15) is 13.2 Å². The summed E-state index contributed by atoms with van der Waals surface area (Å²) in [4.78, 5) is 8.90. The van der Waals surface area contributed by atoms with Gasteiger partial charge < -0.3 is 15.6 Å². The molecule has 0 amide bonds. The molecule has 3 N–H and O–H groups in total. The normalized spacial score (nSPS) is 21.0. The zero-order chi connectivity index (χ0) is 16.8. The van der Waals surface area contributed by atoms with Crippen LogP contribution in [-0.4, -0.2) is 30.4 Å². The van der Waals surface area contributed by atoms with E-state index in [1.54, 1.807) is 7.11 Å². The maximum Gasteiger partial charge on any atom is 0.490 e. The number of hydrogen-bond acceptors (Lipinski definition) is 3. The minimum Gasteiger partial charge on any atom is -0.496 e. The number of rotatable bonds is 3. The summed E-state index contributed by atoms with van der Waals surface area (Å²) in [5.74, 6) is -0.998. The third kappa shape index (κ3) is 5.93. The van der Waals surface area contributed by atoms with Crippen LogP contribution in [0.3, 0.4) is 0 Å². The molecule has 1 aliphatic rings. The molecule has 0 radical (unpaired) electrons. The first-order valence-electron chi connectivity index (χ1n) is 6.91. The maximum absolute atomic E-state index is 10.6. The molecule has 1 aromatic rings. The van der Waals surface area contributed by atoms with Gasteiger partial charge in [-0.25, -0.2) is 4.79 Å². The molecule has 4 nitrogen and oxygen atoms in total. The van der Waals surface area contributed by atoms with Crippen LogP contribution in [0.15, 0.2) is 24.3 Å². The van der Waals surface area contributed by atoms with Crippen molar-refractivity contribution < 1.29 is 27.8 Å². The molecule has 0 aliphatic heterocycles. The van der Waals surface area contributed by atoms with Crippen LogP contribution in [0.4, 0.5) is 13.2 Å². The number of carboxylic acids is 1. The van der Waals surface area contributed by atoms with E-state index in [1.807, 2.05) is 12.1 Å². The van der Waals surface area contributed by atoms with Gasteiger partial charge in [0, 0.05) is 6.04 Å². The molecule has 1 fully saturated rings. The van der Waals surface area contributed by atoms with Gasteiger partial charge in [-0.15, -0.1) is 0 Å². The van der Waals surface area contributed by atoms with E-state index >= 15 is 0 Å². The highest BCUT2D eigenvalue weighted by Crippen LogP contribution is 2.30. The number of benzene rings is 1. The number of carboxylic acid groups (broad SMARTS) is 1. The monoisotopic (exact) mass is 319 g/mol. The summed E-state index contributed by atoms with van der Waals surface area (Å²) >= 11 is 0. The Morgan fingerprint density at radius 3 is 2.41 bits per heavy atom. The average Bonchev–Trinajstić information content (AvgIpc) is 2.84. The first-order chi connectivity index (χ1) is 10.2. The molecule has 2 atom stereocenters. The molecule has 1 aliphatic carbocycles. The molecule has 0 saturated heterocycles. The lowest BCUT2D eigenvalue weighted by atomic mass is 9.97. The summed E-state index contributed by atoms with van der Waals surface area (Å²) in [6.45, 7) is 0. The van der Waals surface area contributed by atoms with Crippen molar-refractivity contribution in [1.82, 2.24) is 0 Å². The molecular formula is C15H20F3NO3. The number of halogens is 3. The molecule has 2 rings (SSSR count). The van der Waals surface area contributed by atoms with E-state index in [1.165, 1.54) is 18.4 Å². The number of ether oxygens (including phenoxy) is 1. The lowest BCUT2D eigenvalue weighted by molar-refractivity contribution is -0.192. The van der Waals surface area contributed by atoms with Crippen LogP contribution in [0.25, 0.3) is 0 Å². The molecule has 0 heterocycles. The van der Waals surface area contributed by atoms with E-state index in [0.717, 1.165) is 24.5 Å². The van der Waals surface area contributed by atoms with Crippen molar-refractivity contribution in [2.45, 2.75) is 37.9 Å². The predicted molar refractivity (Wildman–Crippen MR) is 75.7 cm³/mol. The Labute approximate surface area is 127 Å². The van der Waals surface area contributed by atoms with Gasteiger partial charge in [0.15, 0.2) is 0 Å². The van der Waals surface area contributed by atoms with Crippen molar-refractivity contribution in [1.29, 1.82) is 0 Å². The lowest BCUT2D eigenvalue weighted by Crippen LogP contribution is -2.21. The smallest absolute Gasteiger partial charge is 0.490 e. The number of alkyl halides is 3. The Hall–Kier alpha value is -1.76. The predicted octanol–water partition coefficient (Wildman–Crippen LogP) is 3.00. The first kappa shape index (κ1) is 18.3. The molecule has 1 saturated carbocycles. The number of methoxy groups -OCH3 is 1. The Morgan fingerprint density at radius 1 is 1.36 bits per heavy atom. The van der Waals surface area contributed by atoms with E-state index in [-0.39, 0.29) is 0 Å². The first-order valence-corrected chi connectivity index (χ1v) is 6.91. The Bertz CT molecular complexity index is 491. The second-order valence-electron chi connectivity index (χ2n) is 5.26. The van der Waals surface area contributed by atoms with Crippen molar-refractivity contribution >= 4 is 5.97 Å². The van der Waals surface area contributed by atoms with Crippen molar-refractivity contribution in [3.63, 3.8) is 0 Å². The molecule has 0 aromatic heterocycles. The molecule has 0 spiro atoms. The summed E-state index contributed by atoms with van der Waals surface area (Å²) in [5, 5.41) is 7.12. The molecule has 22 heavy (non-hydrogen) atoms. The number of para-hydroxylation sites is 1. The average molecular weight is 319 g/mol. The molecule has 124 valence electrons. The second-order valence-corrected chi connectivity index (χ2v) is 5.26. The highest BCUT2D eigenvalue weighted by atomic mass is 19.4. The van der Waals surface area contributed by atoms with Crippen LogP contribution in [0, 0.1) is 5.92 Å². The number of hydrogen-bond donors (Lipinski definition) is 2.